The van der Waals surface area contributed by atoms with Crippen LogP contribution in [0.5, 0.6) is 11.5 Å². The van der Waals surface area contributed by atoms with Gasteiger partial charge in [0.05, 0.1) is 7.11 Å². The number of phenolic OH excluding ortho intramolecular Hbond substituents is 1. The predicted molar refractivity (Wildman–Crippen MR) is 52.7 cm³/mol. The summed E-state index contributed by atoms with van der Waals surface area (Å²) in [4.78, 5) is 11.4. The molecule has 0 aliphatic carbocycles. The van der Waals surface area contributed by atoms with Gasteiger partial charge >= 0.3 is 0 Å². The van der Waals surface area contributed by atoms with Crippen LogP contribution in [0.4, 0.5) is 0 Å². The zero-order valence-electron chi connectivity index (χ0n) is 8.20. The Bertz CT molecular complexity index is 336. The topological polar surface area (TPSA) is 58.6 Å². The summed E-state index contributed by atoms with van der Waals surface area (Å²) < 4.78 is 4.88. The van der Waals surface area contributed by atoms with Gasteiger partial charge in [-0.15, -0.1) is 0 Å². The number of carbonyl (C=O) groups excluding carboxylic acids is 1. The molecule has 0 radical (unpaired) electrons. The molecule has 1 rings (SSSR count). The highest BCUT2D eigenvalue weighted by molar-refractivity contribution is 5.94. The molecule has 0 unspecified atom stereocenters. The van der Waals surface area contributed by atoms with Crippen LogP contribution in [0, 0.1) is 0 Å². The van der Waals surface area contributed by atoms with E-state index in [0.29, 0.717) is 17.9 Å². The van der Waals surface area contributed by atoms with E-state index in [4.69, 9.17) is 4.74 Å². The Morgan fingerprint density at radius 2 is 2.29 bits per heavy atom. The highest BCUT2D eigenvalue weighted by Gasteiger charge is 2.08. The number of phenols is 1. The molecule has 14 heavy (non-hydrogen) atoms. The Morgan fingerprint density at radius 3 is 2.86 bits per heavy atom. The third-order valence-electron chi connectivity index (χ3n) is 1.78. The van der Waals surface area contributed by atoms with Gasteiger partial charge in [0.15, 0.2) is 11.5 Å². The van der Waals surface area contributed by atoms with Crippen molar-refractivity contribution in [2.24, 2.45) is 0 Å². The maximum Gasteiger partial charge on any atom is 0.251 e. The third kappa shape index (κ3) is 2.16. The first-order valence-electron chi connectivity index (χ1n) is 4.34. The monoisotopic (exact) mass is 195 g/mol. The van der Waals surface area contributed by atoms with Crippen LogP contribution in [0.2, 0.25) is 0 Å². The zero-order chi connectivity index (χ0) is 10.6. The number of carbonyl (C=O) groups is 1. The molecule has 1 aromatic rings. The highest BCUT2D eigenvalue weighted by Crippen LogP contribution is 2.25. The van der Waals surface area contributed by atoms with Crippen LogP contribution in [-0.4, -0.2) is 24.7 Å². The maximum atomic E-state index is 11.4. The van der Waals surface area contributed by atoms with E-state index in [9.17, 15) is 9.90 Å². The average molecular weight is 195 g/mol. The Kier molecular flexibility index (Phi) is 3.34. The summed E-state index contributed by atoms with van der Waals surface area (Å²) >= 11 is 0. The molecule has 0 aliphatic rings. The Hall–Kier alpha value is -1.71. The lowest BCUT2D eigenvalue weighted by Crippen LogP contribution is -2.22. The fraction of sp³-hybridized carbons (Fsp3) is 0.300. The minimum absolute atomic E-state index is 0.0283. The van der Waals surface area contributed by atoms with Gasteiger partial charge in [0.1, 0.15) is 0 Å². The van der Waals surface area contributed by atoms with E-state index in [1.165, 1.54) is 19.2 Å². The number of ether oxygens (including phenoxy) is 1. The van der Waals surface area contributed by atoms with Gasteiger partial charge in [-0.25, -0.2) is 0 Å². The van der Waals surface area contributed by atoms with E-state index in [1.807, 2.05) is 6.92 Å². The number of benzene rings is 1. The van der Waals surface area contributed by atoms with E-state index in [0.717, 1.165) is 0 Å². The minimum atomic E-state index is -0.175. The number of hydrogen-bond acceptors (Lipinski definition) is 3. The number of hydrogen-bond donors (Lipinski definition) is 2. The smallest absolute Gasteiger partial charge is 0.251 e. The van der Waals surface area contributed by atoms with Gasteiger partial charge in [-0.05, 0) is 25.1 Å². The molecule has 0 bridgehead atoms. The molecule has 4 nitrogen and oxygen atoms in total. The summed E-state index contributed by atoms with van der Waals surface area (Å²) in [6, 6.07) is 4.48. The van der Waals surface area contributed by atoms with E-state index in [1.54, 1.807) is 6.07 Å². The van der Waals surface area contributed by atoms with Crippen molar-refractivity contribution in [3.8, 4) is 11.5 Å². The molecule has 0 saturated heterocycles. The molecule has 0 saturated carbocycles. The number of rotatable bonds is 3. The molecule has 1 aromatic carbocycles. The molecule has 0 fully saturated rings. The van der Waals surface area contributed by atoms with Gasteiger partial charge in [0, 0.05) is 12.1 Å². The lowest BCUT2D eigenvalue weighted by atomic mass is 10.2. The first kappa shape index (κ1) is 10.4. The Morgan fingerprint density at radius 1 is 1.57 bits per heavy atom. The molecule has 0 aliphatic heterocycles. The molecule has 0 aromatic heterocycles. The van der Waals surface area contributed by atoms with Gasteiger partial charge in [-0.1, -0.05) is 0 Å². The summed E-state index contributed by atoms with van der Waals surface area (Å²) in [5.41, 5.74) is 0.474. The third-order valence-corrected chi connectivity index (χ3v) is 1.78. The quantitative estimate of drug-likeness (QED) is 0.760. The van der Waals surface area contributed by atoms with Crippen LogP contribution in [0.3, 0.4) is 0 Å². The molecule has 0 heterocycles. The zero-order valence-corrected chi connectivity index (χ0v) is 8.20. The summed E-state index contributed by atoms with van der Waals surface area (Å²) in [5, 5.41) is 11.9. The number of nitrogens with one attached hydrogen (secondary N) is 1. The highest BCUT2D eigenvalue weighted by atomic mass is 16.5. The molecule has 1 amide bonds. The van der Waals surface area contributed by atoms with Crippen LogP contribution in [-0.2, 0) is 0 Å². The van der Waals surface area contributed by atoms with Crippen molar-refractivity contribution in [3.05, 3.63) is 23.8 Å². The molecule has 0 spiro atoms. The predicted octanol–water partition coefficient (Wildman–Crippen LogP) is 1.15. The fourth-order valence-electron chi connectivity index (χ4n) is 1.08. The number of aromatic hydroxyl groups is 1. The summed E-state index contributed by atoms with van der Waals surface area (Å²) in [5.74, 6) is 0.153. The SMILES string of the molecule is CCNC(=O)c1ccc(O)c(OC)c1. The Labute approximate surface area is 82.5 Å². The van der Waals surface area contributed by atoms with Gasteiger partial charge in [-0.3, -0.25) is 4.79 Å². The standard InChI is InChI=1S/C10H13NO3/c1-3-11-10(13)7-4-5-8(12)9(6-7)14-2/h4-6,12H,3H2,1-2H3,(H,11,13). The van der Waals surface area contributed by atoms with Gasteiger partial charge in [-0.2, -0.15) is 0 Å². The lowest BCUT2D eigenvalue weighted by molar-refractivity contribution is 0.0955. The van der Waals surface area contributed by atoms with Crippen LogP contribution in [0.15, 0.2) is 18.2 Å². The van der Waals surface area contributed by atoms with Crippen LogP contribution in [0.25, 0.3) is 0 Å². The molecule has 76 valence electrons. The normalized spacial score (nSPS) is 9.57. The Balaban J connectivity index is 2.94. The second kappa shape index (κ2) is 4.50. The number of amides is 1. The van der Waals surface area contributed by atoms with Crippen molar-refractivity contribution in [1.82, 2.24) is 5.32 Å². The van der Waals surface area contributed by atoms with E-state index in [-0.39, 0.29) is 11.7 Å². The van der Waals surface area contributed by atoms with Crippen molar-refractivity contribution in [1.29, 1.82) is 0 Å². The van der Waals surface area contributed by atoms with E-state index < -0.39 is 0 Å². The summed E-state index contributed by atoms with van der Waals surface area (Å²) in [6.45, 7) is 2.41. The first-order valence-corrected chi connectivity index (χ1v) is 4.34. The van der Waals surface area contributed by atoms with Crippen molar-refractivity contribution in [2.45, 2.75) is 6.92 Å². The van der Waals surface area contributed by atoms with Crippen LogP contribution >= 0.6 is 0 Å². The molecular formula is C10H13NO3. The minimum Gasteiger partial charge on any atom is -0.504 e. The molecule has 4 heteroatoms. The fourth-order valence-corrected chi connectivity index (χ4v) is 1.08. The molecular weight excluding hydrogens is 182 g/mol. The molecule has 2 N–H and O–H groups in total. The summed E-state index contributed by atoms with van der Waals surface area (Å²) in [7, 11) is 1.44. The number of methoxy groups -OCH3 is 1. The van der Waals surface area contributed by atoms with Gasteiger partial charge in [0.2, 0.25) is 0 Å². The molecule has 0 atom stereocenters. The van der Waals surface area contributed by atoms with Crippen LogP contribution < -0.4 is 10.1 Å². The average Bonchev–Trinajstić information content (AvgIpc) is 2.19. The van der Waals surface area contributed by atoms with E-state index in [2.05, 4.69) is 5.32 Å². The summed E-state index contributed by atoms with van der Waals surface area (Å²) in [6.07, 6.45) is 0. The second-order valence-electron chi connectivity index (χ2n) is 2.75. The van der Waals surface area contributed by atoms with Crippen molar-refractivity contribution < 1.29 is 14.6 Å². The van der Waals surface area contributed by atoms with Crippen molar-refractivity contribution in [2.75, 3.05) is 13.7 Å². The van der Waals surface area contributed by atoms with Crippen molar-refractivity contribution in [3.63, 3.8) is 0 Å². The first-order chi connectivity index (χ1) is 6.69. The second-order valence-corrected chi connectivity index (χ2v) is 2.75. The van der Waals surface area contributed by atoms with Gasteiger partial charge in [0.25, 0.3) is 5.91 Å². The van der Waals surface area contributed by atoms with Crippen LogP contribution in [0.1, 0.15) is 17.3 Å². The van der Waals surface area contributed by atoms with E-state index >= 15 is 0 Å². The maximum absolute atomic E-state index is 11.4. The van der Waals surface area contributed by atoms with Gasteiger partial charge < -0.3 is 15.2 Å². The lowest BCUT2D eigenvalue weighted by Gasteiger charge is -2.06. The largest absolute Gasteiger partial charge is 0.504 e. The van der Waals surface area contributed by atoms with Crippen molar-refractivity contribution >= 4 is 5.91 Å².